The van der Waals surface area contributed by atoms with Gasteiger partial charge in [-0.15, -0.1) is 11.3 Å². The summed E-state index contributed by atoms with van der Waals surface area (Å²) in [7, 11) is 1.79. The lowest BCUT2D eigenvalue weighted by atomic mass is 10.0. The van der Waals surface area contributed by atoms with Crippen molar-refractivity contribution < 1.29 is 14.7 Å². The monoisotopic (exact) mass is 211 g/mol. The van der Waals surface area contributed by atoms with E-state index in [9.17, 15) is 14.7 Å². The first-order valence-corrected chi connectivity index (χ1v) is 4.97. The van der Waals surface area contributed by atoms with Gasteiger partial charge in [-0.3, -0.25) is 9.59 Å². The lowest BCUT2D eigenvalue weighted by molar-refractivity contribution is 0.0750. The van der Waals surface area contributed by atoms with Crippen LogP contribution in [0.1, 0.15) is 20.0 Å². The molecule has 5 heteroatoms. The Morgan fingerprint density at radius 2 is 2.43 bits per heavy atom. The normalized spacial score (nSPS) is 20.9. The summed E-state index contributed by atoms with van der Waals surface area (Å²) in [6.07, 6.45) is -0.252. The summed E-state index contributed by atoms with van der Waals surface area (Å²) in [4.78, 5) is 24.4. The first-order chi connectivity index (χ1) is 6.63. The van der Waals surface area contributed by atoms with Gasteiger partial charge in [0.25, 0.3) is 0 Å². The highest BCUT2D eigenvalue weighted by atomic mass is 32.1. The molecule has 0 saturated carbocycles. The Bertz CT molecular complexity index is 399. The van der Waals surface area contributed by atoms with Gasteiger partial charge in [0.15, 0.2) is 12.1 Å². The van der Waals surface area contributed by atoms with Gasteiger partial charge in [-0.25, -0.2) is 0 Å². The molecule has 0 radical (unpaired) electrons. The Kier molecular flexibility index (Phi) is 2.13. The van der Waals surface area contributed by atoms with Crippen molar-refractivity contribution in [1.29, 1.82) is 0 Å². The third kappa shape index (κ3) is 1.25. The number of anilines is 1. The topological polar surface area (TPSA) is 57.6 Å². The van der Waals surface area contributed by atoms with Crippen LogP contribution in [-0.2, 0) is 0 Å². The third-order valence-corrected chi connectivity index (χ3v) is 3.38. The van der Waals surface area contributed by atoms with Gasteiger partial charge in [-0.05, 0) is 6.07 Å². The standard InChI is InChI=1S/C9H9NO3S/c1-10-3-7(12)8(13)6-2-5(4-11)14-9(6)10/h2,4,7,12H,3H2,1H3. The molecule has 1 N–H and O–H groups in total. The number of nitrogens with zero attached hydrogens (tertiary/aromatic N) is 1. The van der Waals surface area contributed by atoms with Crippen LogP contribution in [0, 0.1) is 0 Å². The quantitative estimate of drug-likeness (QED) is 0.689. The summed E-state index contributed by atoms with van der Waals surface area (Å²) in [5, 5.41) is 10.2. The summed E-state index contributed by atoms with van der Waals surface area (Å²) < 4.78 is 0. The van der Waals surface area contributed by atoms with Crippen LogP contribution in [0.3, 0.4) is 0 Å². The van der Waals surface area contributed by atoms with Crippen molar-refractivity contribution in [1.82, 2.24) is 0 Å². The van der Waals surface area contributed by atoms with E-state index in [-0.39, 0.29) is 5.78 Å². The first kappa shape index (κ1) is 9.36. The molecule has 0 spiro atoms. The zero-order valence-corrected chi connectivity index (χ0v) is 8.37. The maximum atomic E-state index is 11.5. The van der Waals surface area contributed by atoms with E-state index in [4.69, 9.17) is 0 Å². The van der Waals surface area contributed by atoms with E-state index in [2.05, 4.69) is 0 Å². The Labute approximate surface area is 84.8 Å². The molecular formula is C9H9NO3S. The summed E-state index contributed by atoms with van der Waals surface area (Å²) >= 11 is 1.28. The molecule has 0 aliphatic carbocycles. The van der Waals surface area contributed by atoms with Crippen LogP contribution < -0.4 is 4.90 Å². The van der Waals surface area contributed by atoms with Crippen molar-refractivity contribution in [3.8, 4) is 0 Å². The van der Waals surface area contributed by atoms with Crippen LogP contribution in [0.2, 0.25) is 0 Å². The number of ketones is 1. The number of thiophene rings is 1. The molecule has 1 aliphatic rings. The number of carbonyl (C=O) groups is 2. The van der Waals surface area contributed by atoms with Gasteiger partial charge in [-0.2, -0.15) is 0 Å². The molecule has 2 rings (SSSR count). The third-order valence-electron chi connectivity index (χ3n) is 2.21. The molecule has 1 aromatic heterocycles. The van der Waals surface area contributed by atoms with Crippen molar-refractivity contribution in [3.05, 3.63) is 16.5 Å². The Hall–Kier alpha value is -1.20. The number of aliphatic hydroxyl groups is 1. The number of Topliss-reactive ketones (excluding diaryl/α,β-unsaturated/α-hetero) is 1. The number of hydrogen-bond donors (Lipinski definition) is 1. The van der Waals surface area contributed by atoms with Gasteiger partial charge in [0.05, 0.1) is 17.0 Å². The fourth-order valence-electron chi connectivity index (χ4n) is 1.52. The van der Waals surface area contributed by atoms with Gasteiger partial charge in [0, 0.05) is 7.05 Å². The molecule has 2 heterocycles. The number of aliphatic hydroxyl groups excluding tert-OH is 1. The van der Waals surface area contributed by atoms with Crippen LogP contribution in [0.25, 0.3) is 0 Å². The van der Waals surface area contributed by atoms with Crippen LogP contribution in [0.4, 0.5) is 5.00 Å². The van der Waals surface area contributed by atoms with Gasteiger partial charge in [0.2, 0.25) is 0 Å². The average Bonchev–Trinajstić information content (AvgIpc) is 2.58. The van der Waals surface area contributed by atoms with E-state index >= 15 is 0 Å². The zero-order chi connectivity index (χ0) is 10.3. The molecule has 0 bridgehead atoms. The lowest BCUT2D eigenvalue weighted by Gasteiger charge is -2.26. The van der Waals surface area contributed by atoms with Crippen LogP contribution in [0.5, 0.6) is 0 Å². The average molecular weight is 211 g/mol. The largest absolute Gasteiger partial charge is 0.383 e. The number of fused-ring (bicyclic) bond motifs is 1. The molecule has 0 saturated heterocycles. The highest BCUT2D eigenvalue weighted by Crippen LogP contribution is 2.34. The van der Waals surface area contributed by atoms with Gasteiger partial charge in [-0.1, -0.05) is 0 Å². The van der Waals surface area contributed by atoms with E-state index < -0.39 is 6.10 Å². The highest BCUT2D eigenvalue weighted by Gasteiger charge is 2.30. The molecule has 74 valence electrons. The van der Waals surface area contributed by atoms with Gasteiger partial charge < -0.3 is 10.0 Å². The second-order valence-corrected chi connectivity index (χ2v) is 4.31. The fourth-order valence-corrected chi connectivity index (χ4v) is 2.47. The molecule has 0 amide bonds. The van der Waals surface area contributed by atoms with Crippen molar-refractivity contribution in [2.24, 2.45) is 0 Å². The van der Waals surface area contributed by atoms with Gasteiger partial charge >= 0.3 is 0 Å². The van der Waals surface area contributed by atoms with E-state index in [1.807, 2.05) is 0 Å². The molecular weight excluding hydrogens is 202 g/mol. The molecule has 14 heavy (non-hydrogen) atoms. The molecule has 4 nitrogen and oxygen atoms in total. The van der Waals surface area contributed by atoms with E-state index in [1.165, 1.54) is 17.4 Å². The van der Waals surface area contributed by atoms with Crippen molar-refractivity contribution in [2.45, 2.75) is 6.10 Å². The first-order valence-electron chi connectivity index (χ1n) is 4.16. The second kappa shape index (κ2) is 3.18. The summed E-state index contributed by atoms with van der Waals surface area (Å²) in [5.41, 5.74) is 0.457. The molecule has 1 atom stereocenters. The van der Waals surface area contributed by atoms with Crippen LogP contribution in [-0.4, -0.2) is 36.9 Å². The summed E-state index contributed by atoms with van der Waals surface area (Å²) in [6.45, 7) is 0.296. The number of rotatable bonds is 1. The van der Waals surface area contributed by atoms with E-state index in [0.29, 0.717) is 17.0 Å². The van der Waals surface area contributed by atoms with Crippen LogP contribution in [0.15, 0.2) is 6.07 Å². The smallest absolute Gasteiger partial charge is 0.196 e. The maximum Gasteiger partial charge on any atom is 0.196 e. The minimum atomic E-state index is -0.971. The number of likely N-dealkylation sites (N-methyl/N-ethyl adjacent to an activating group) is 1. The fraction of sp³-hybridized carbons (Fsp3) is 0.333. The van der Waals surface area contributed by atoms with E-state index in [0.717, 1.165) is 11.3 Å². The number of aldehydes is 1. The lowest BCUT2D eigenvalue weighted by Crippen LogP contribution is -2.39. The Morgan fingerprint density at radius 1 is 1.71 bits per heavy atom. The molecule has 1 aromatic rings. The summed E-state index contributed by atoms with van der Waals surface area (Å²) in [6, 6.07) is 1.54. The molecule has 1 unspecified atom stereocenters. The van der Waals surface area contributed by atoms with Crippen molar-refractivity contribution in [2.75, 3.05) is 18.5 Å². The van der Waals surface area contributed by atoms with E-state index in [1.54, 1.807) is 11.9 Å². The molecule has 0 fully saturated rings. The Balaban J connectivity index is 2.53. The number of carbonyl (C=O) groups excluding carboxylic acids is 2. The molecule has 0 aromatic carbocycles. The maximum absolute atomic E-state index is 11.5. The van der Waals surface area contributed by atoms with Gasteiger partial charge in [0.1, 0.15) is 11.1 Å². The molecule has 1 aliphatic heterocycles. The minimum absolute atomic E-state index is 0.289. The summed E-state index contributed by atoms with van der Waals surface area (Å²) in [5.74, 6) is -0.289. The van der Waals surface area contributed by atoms with Crippen molar-refractivity contribution >= 4 is 28.4 Å². The highest BCUT2D eigenvalue weighted by molar-refractivity contribution is 7.18. The predicted octanol–water partition coefficient (Wildman–Crippen LogP) is 0.554. The van der Waals surface area contributed by atoms with Crippen LogP contribution >= 0.6 is 11.3 Å². The zero-order valence-electron chi connectivity index (χ0n) is 7.56. The predicted molar refractivity (Wildman–Crippen MR) is 53.3 cm³/mol. The number of hydrogen-bond acceptors (Lipinski definition) is 5. The second-order valence-electron chi connectivity index (χ2n) is 3.25. The minimum Gasteiger partial charge on any atom is -0.383 e. The SMILES string of the molecule is CN1CC(O)C(=O)c2cc(C=O)sc21. The van der Waals surface area contributed by atoms with Crippen molar-refractivity contribution in [3.63, 3.8) is 0 Å². The number of β-amino-alcohol motifs (C(OH)–C–C–N with tert-alkyl or cyclic N) is 1. The Morgan fingerprint density at radius 3 is 3.07 bits per heavy atom.